The van der Waals surface area contributed by atoms with Crippen LogP contribution >= 0.6 is 0 Å². The molecule has 2 nitrogen and oxygen atoms in total. The molecular weight excluding hydrogens is 200 g/mol. The van der Waals surface area contributed by atoms with Gasteiger partial charge in [0.15, 0.2) is 5.78 Å². The summed E-state index contributed by atoms with van der Waals surface area (Å²) in [7, 11) is 0. The summed E-state index contributed by atoms with van der Waals surface area (Å²) in [4.78, 5) is 10.7. The van der Waals surface area contributed by atoms with Gasteiger partial charge in [-0.3, -0.25) is 4.79 Å². The first-order valence-electron chi connectivity index (χ1n) is 5.03. The van der Waals surface area contributed by atoms with Gasteiger partial charge in [-0.1, -0.05) is 60.7 Å². The molecule has 16 heavy (non-hydrogen) atoms. The minimum absolute atomic E-state index is 0.295. The lowest BCUT2D eigenvalue weighted by molar-refractivity contribution is -0.117. The number of aliphatic hydroxyl groups is 1. The number of aliphatic hydroxyl groups excluding tert-OH is 1. The third-order valence-electron chi connectivity index (χ3n) is 1.86. The molecule has 0 bridgehead atoms. The van der Waals surface area contributed by atoms with Gasteiger partial charge in [0.25, 0.3) is 0 Å². The number of hydrogen-bond donors (Lipinski definition) is 1. The largest absolute Gasteiger partial charge is 0.388 e. The van der Waals surface area contributed by atoms with Crippen molar-refractivity contribution in [1.82, 2.24) is 0 Å². The Morgan fingerprint density at radius 1 is 1.06 bits per heavy atom. The van der Waals surface area contributed by atoms with Crippen molar-refractivity contribution in [3.05, 3.63) is 66.3 Å². The summed E-state index contributed by atoms with van der Waals surface area (Å²) >= 11 is 0. The van der Waals surface area contributed by atoms with Crippen molar-refractivity contribution in [2.75, 3.05) is 6.61 Å². The van der Waals surface area contributed by atoms with Gasteiger partial charge in [-0.2, -0.15) is 0 Å². The van der Waals surface area contributed by atoms with Crippen LogP contribution in [0.25, 0.3) is 6.08 Å². The van der Waals surface area contributed by atoms with Gasteiger partial charge in [0.05, 0.1) is 0 Å². The monoisotopic (exact) mass is 214 g/mol. The molecule has 0 amide bonds. The van der Waals surface area contributed by atoms with Crippen LogP contribution in [-0.4, -0.2) is 17.5 Å². The van der Waals surface area contributed by atoms with Gasteiger partial charge >= 0.3 is 0 Å². The SMILES string of the molecule is O=C(/C=C/C=C/C=C/c1ccccc1)CO. The number of carbonyl (C=O) groups excluding carboxylic acids is 1. The van der Waals surface area contributed by atoms with Gasteiger partial charge in [-0.15, -0.1) is 0 Å². The molecule has 0 atom stereocenters. The first-order valence-corrected chi connectivity index (χ1v) is 5.03. The van der Waals surface area contributed by atoms with E-state index >= 15 is 0 Å². The Hall–Kier alpha value is -1.93. The number of rotatable bonds is 5. The summed E-state index contributed by atoms with van der Waals surface area (Å²) in [6, 6.07) is 9.94. The molecule has 0 spiro atoms. The van der Waals surface area contributed by atoms with Crippen LogP contribution in [0.15, 0.2) is 60.7 Å². The zero-order valence-electron chi connectivity index (χ0n) is 8.91. The number of carbonyl (C=O) groups is 1. The van der Waals surface area contributed by atoms with Crippen molar-refractivity contribution in [2.24, 2.45) is 0 Å². The predicted molar refractivity (Wildman–Crippen MR) is 65.8 cm³/mol. The van der Waals surface area contributed by atoms with Gasteiger partial charge in [0.2, 0.25) is 0 Å². The lowest BCUT2D eigenvalue weighted by atomic mass is 10.2. The first kappa shape index (κ1) is 12.1. The standard InChI is InChI=1S/C14H14O2/c15-12-14(16)11-7-2-1-4-8-13-9-5-3-6-10-13/h1-11,15H,12H2/b2-1+,8-4+,11-7+. The van der Waals surface area contributed by atoms with Crippen LogP contribution in [-0.2, 0) is 4.79 Å². The summed E-state index contributed by atoms with van der Waals surface area (Å²) < 4.78 is 0. The van der Waals surface area contributed by atoms with Crippen molar-refractivity contribution in [1.29, 1.82) is 0 Å². The van der Waals surface area contributed by atoms with Gasteiger partial charge in [-0.05, 0) is 11.6 Å². The fraction of sp³-hybridized carbons (Fsp3) is 0.0714. The van der Waals surface area contributed by atoms with Gasteiger partial charge < -0.3 is 5.11 Å². The highest BCUT2D eigenvalue weighted by atomic mass is 16.3. The zero-order chi connectivity index (χ0) is 11.6. The van der Waals surface area contributed by atoms with Crippen LogP contribution in [0.4, 0.5) is 0 Å². The Morgan fingerprint density at radius 2 is 1.75 bits per heavy atom. The Balaban J connectivity index is 2.40. The van der Waals surface area contributed by atoms with E-state index in [1.807, 2.05) is 48.6 Å². The van der Waals surface area contributed by atoms with Crippen LogP contribution < -0.4 is 0 Å². The van der Waals surface area contributed by atoms with Crippen LogP contribution in [0, 0.1) is 0 Å². The smallest absolute Gasteiger partial charge is 0.180 e. The van der Waals surface area contributed by atoms with Crippen molar-refractivity contribution in [3.63, 3.8) is 0 Å². The van der Waals surface area contributed by atoms with E-state index < -0.39 is 6.61 Å². The van der Waals surface area contributed by atoms with E-state index in [0.717, 1.165) is 5.56 Å². The number of ketones is 1. The normalized spacial score (nSPS) is 11.8. The highest BCUT2D eigenvalue weighted by Gasteiger charge is 1.86. The quantitative estimate of drug-likeness (QED) is 0.603. The molecule has 1 aromatic rings. The van der Waals surface area contributed by atoms with E-state index in [1.54, 1.807) is 12.2 Å². The highest BCUT2D eigenvalue weighted by Crippen LogP contribution is 2.00. The topological polar surface area (TPSA) is 37.3 Å². The van der Waals surface area contributed by atoms with Crippen LogP contribution in [0.5, 0.6) is 0 Å². The molecule has 0 aliphatic carbocycles. The molecule has 2 heteroatoms. The predicted octanol–water partition coefficient (Wildman–Crippen LogP) is 2.37. The summed E-state index contributed by atoms with van der Waals surface area (Å²) in [5.41, 5.74) is 1.13. The highest BCUT2D eigenvalue weighted by molar-refractivity contribution is 5.90. The average molecular weight is 214 g/mol. The third kappa shape index (κ3) is 5.08. The minimum atomic E-state index is -0.440. The Morgan fingerprint density at radius 3 is 2.44 bits per heavy atom. The fourth-order valence-electron chi connectivity index (χ4n) is 1.07. The van der Waals surface area contributed by atoms with E-state index in [0.29, 0.717) is 0 Å². The summed E-state index contributed by atoms with van der Waals surface area (Å²) in [6.45, 7) is -0.440. The maximum Gasteiger partial charge on any atom is 0.180 e. The molecule has 0 fully saturated rings. The number of hydrogen-bond acceptors (Lipinski definition) is 2. The lowest BCUT2D eigenvalue weighted by Gasteiger charge is -1.88. The minimum Gasteiger partial charge on any atom is -0.388 e. The number of benzene rings is 1. The second-order valence-corrected chi connectivity index (χ2v) is 3.14. The number of allylic oxidation sites excluding steroid dienone is 4. The summed E-state index contributed by atoms with van der Waals surface area (Å²) in [5.74, 6) is -0.295. The lowest BCUT2D eigenvalue weighted by Crippen LogP contribution is -1.97. The van der Waals surface area contributed by atoms with Crippen molar-refractivity contribution >= 4 is 11.9 Å². The molecule has 82 valence electrons. The second-order valence-electron chi connectivity index (χ2n) is 3.14. The molecular formula is C14H14O2. The molecule has 0 unspecified atom stereocenters. The van der Waals surface area contributed by atoms with E-state index in [9.17, 15) is 4.79 Å². The van der Waals surface area contributed by atoms with Crippen LogP contribution in [0.1, 0.15) is 5.56 Å². The maximum absolute atomic E-state index is 10.7. The van der Waals surface area contributed by atoms with Crippen molar-refractivity contribution < 1.29 is 9.90 Å². The summed E-state index contributed by atoms with van der Waals surface area (Å²) in [5, 5.41) is 8.45. The van der Waals surface area contributed by atoms with Gasteiger partial charge in [0.1, 0.15) is 6.61 Å². The van der Waals surface area contributed by atoms with E-state index in [1.165, 1.54) is 6.08 Å². The Bertz CT molecular complexity index is 400. The third-order valence-corrected chi connectivity index (χ3v) is 1.86. The maximum atomic E-state index is 10.7. The molecule has 1 rings (SSSR count). The molecule has 0 saturated carbocycles. The zero-order valence-corrected chi connectivity index (χ0v) is 8.91. The second kappa shape index (κ2) is 7.37. The van der Waals surface area contributed by atoms with E-state index in [-0.39, 0.29) is 5.78 Å². The van der Waals surface area contributed by atoms with Crippen LogP contribution in [0.2, 0.25) is 0 Å². The molecule has 0 aliphatic rings. The molecule has 0 heterocycles. The fourth-order valence-corrected chi connectivity index (χ4v) is 1.07. The molecule has 1 aromatic carbocycles. The first-order chi connectivity index (χ1) is 7.83. The van der Waals surface area contributed by atoms with E-state index in [4.69, 9.17) is 5.11 Å². The Kier molecular flexibility index (Phi) is 5.59. The molecule has 1 N–H and O–H groups in total. The molecule has 0 saturated heterocycles. The molecule has 0 aromatic heterocycles. The summed E-state index contributed by atoms with van der Waals surface area (Å²) in [6.07, 6.45) is 10.4. The van der Waals surface area contributed by atoms with Gasteiger partial charge in [0, 0.05) is 0 Å². The Labute approximate surface area is 95.2 Å². The van der Waals surface area contributed by atoms with Crippen molar-refractivity contribution in [2.45, 2.75) is 0 Å². The molecule has 0 radical (unpaired) electrons. The van der Waals surface area contributed by atoms with E-state index in [2.05, 4.69) is 0 Å². The molecule has 0 aliphatic heterocycles. The van der Waals surface area contributed by atoms with Crippen molar-refractivity contribution in [3.8, 4) is 0 Å². The van der Waals surface area contributed by atoms with Gasteiger partial charge in [-0.25, -0.2) is 0 Å². The van der Waals surface area contributed by atoms with Crippen LogP contribution in [0.3, 0.4) is 0 Å². The average Bonchev–Trinajstić information content (AvgIpc) is 2.34.